The van der Waals surface area contributed by atoms with Gasteiger partial charge >= 0.3 is 12.0 Å². The van der Waals surface area contributed by atoms with Crippen LogP contribution in [0.25, 0.3) is 0 Å². The highest BCUT2D eigenvalue weighted by Gasteiger charge is 2.45. The lowest BCUT2D eigenvalue weighted by Gasteiger charge is -2.38. The van der Waals surface area contributed by atoms with Gasteiger partial charge in [-0.3, -0.25) is 19.5 Å². The third kappa shape index (κ3) is 6.61. The van der Waals surface area contributed by atoms with Crippen LogP contribution in [0.3, 0.4) is 0 Å². The quantitative estimate of drug-likeness (QED) is 0.340. The first-order chi connectivity index (χ1) is 21.0. The number of nitrogens with zero attached hydrogens (tertiary/aromatic N) is 4. The molecule has 230 valence electrons. The molecule has 3 aromatic carbocycles. The van der Waals surface area contributed by atoms with Gasteiger partial charge in [0.25, 0.3) is 0 Å². The second-order valence-electron chi connectivity index (χ2n) is 10.8. The SMILES string of the molecule is COc1ccc(C2=N[C@H](c3ccc(Cl)cc3)C(c3ccc(Cl)cc3)N2C(=O)N2CCN(CC(=O)O)C(=O)C2)c(OC(C)C)c1. The van der Waals surface area contributed by atoms with Crippen LogP contribution < -0.4 is 9.47 Å². The molecule has 0 aliphatic carbocycles. The summed E-state index contributed by atoms with van der Waals surface area (Å²) in [5.41, 5.74) is 2.17. The van der Waals surface area contributed by atoms with Crippen molar-refractivity contribution in [2.24, 2.45) is 4.99 Å². The number of carboxylic acid groups (broad SMARTS) is 1. The first kappa shape index (κ1) is 31.2. The second kappa shape index (κ2) is 13.2. The van der Waals surface area contributed by atoms with E-state index in [2.05, 4.69) is 0 Å². The summed E-state index contributed by atoms with van der Waals surface area (Å²) >= 11 is 12.5. The molecule has 2 aliphatic heterocycles. The Morgan fingerprint density at radius 3 is 2.18 bits per heavy atom. The minimum absolute atomic E-state index is 0.0909. The highest BCUT2D eigenvalue weighted by Crippen LogP contribution is 2.46. The maximum absolute atomic E-state index is 14.6. The van der Waals surface area contributed by atoms with Gasteiger partial charge in [0.1, 0.15) is 36.5 Å². The van der Waals surface area contributed by atoms with E-state index in [1.165, 1.54) is 9.80 Å². The number of carbonyl (C=O) groups excluding carboxylic acids is 2. The number of ether oxygens (including phenoxy) is 2. The van der Waals surface area contributed by atoms with Crippen molar-refractivity contribution in [3.63, 3.8) is 0 Å². The molecule has 0 bridgehead atoms. The summed E-state index contributed by atoms with van der Waals surface area (Å²) in [5, 5.41) is 10.3. The van der Waals surface area contributed by atoms with Gasteiger partial charge in [-0.15, -0.1) is 0 Å². The summed E-state index contributed by atoms with van der Waals surface area (Å²) in [4.78, 5) is 48.2. The first-order valence-electron chi connectivity index (χ1n) is 14.1. The Morgan fingerprint density at radius 1 is 0.977 bits per heavy atom. The van der Waals surface area contributed by atoms with Crippen molar-refractivity contribution < 1.29 is 29.0 Å². The van der Waals surface area contributed by atoms with E-state index in [9.17, 15) is 19.5 Å². The molecule has 44 heavy (non-hydrogen) atoms. The maximum atomic E-state index is 14.6. The van der Waals surface area contributed by atoms with Crippen LogP contribution in [-0.4, -0.2) is 82.9 Å². The number of hydrogen-bond acceptors (Lipinski definition) is 6. The number of methoxy groups -OCH3 is 1. The monoisotopic (exact) mass is 638 g/mol. The standard InChI is InChI=1S/C32H32Cl2N4O6/c1-19(2)44-26-16-24(43-3)12-13-25(26)31-35-29(20-4-8-22(33)9-5-20)30(21-6-10-23(34)11-7-21)38(31)32(42)37-15-14-36(18-28(40)41)27(39)17-37/h4-13,16,19,29-30H,14-15,17-18H2,1-3H3,(H,40,41)/t29-,30?/m1/s1. The molecule has 10 nitrogen and oxygen atoms in total. The van der Waals surface area contributed by atoms with E-state index in [4.69, 9.17) is 37.7 Å². The number of benzene rings is 3. The van der Waals surface area contributed by atoms with E-state index in [0.29, 0.717) is 32.9 Å². The molecule has 5 rings (SSSR count). The number of halogens is 2. The van der Waals surface area contributed by atoms with Crippen molar-refractivity contribution in [2.75, 3.05) is 33.3 Å². The van der Waals surface area contributed by atoms with E-state index in [1.807, 2.05) is 38.1 Å². The van der Waals surface area contributed by atoms with E-state index in [0.717, 1.165) is 11.1 Å². The van der Waals surface area contributed by atoms with Crippen molar-refractivity contribution in [1.82, 2.24) is 14.7 Å². The summed E-state index contributed by atoms with van der Waals surface area (Å²) in [6.45, 7) is 3.35. The van der Waals surface area contributed by atoms with Crippen LogP contribution in [0.4, 0.5) is 4.79 Å². The van der Waals surface area contributed by atoms with Crippen LogP contribution in [-0.2, 0) is 9.59 Å². The number of aliphatic imine (C=N–C) groups is 1. The van der Waals surface area contributed by atoms with Gasteiger partial charge in [-0.25, -0.2) is 4.79 Å². The van der Waals surface area contributed by atoms with Crippen LogP contribution >= 0.6 is 23.2 Å². The Labute approximate surface area is 265 Å². The van der Waals surface area contributed by atoms with Crippen molar-refractivity contribution in [2.45, 2.75) is 32.0 Å². The molecule has 0 saturated carbocycles. The number of amides is 3. The fourth-order valence-corrected chi connectivity index (χ4v) is 5.63. The van der Waals surface area contributed by atoms with Gasteiger partial charge in [-0.05, 0) is 61.4 Å². The fourth-order valence-electron chi connectivity index (χ4n) is 5.37. The lowest BCUT2D eigenvalue weighted by atomic mass is 9.93. The van der Waals surface area contributed by atoms with Gasteiger partial charge in [-0.2, -0.15) is 0 Å². The molecule has 2 atom stereocenters. The van der Waals surface area contributed by atoms with Crippen LogP contribution in [0.2, 0.25) is 10.0 Å². The average molecular weight is 640 g/mol. The van der Waals surface area contributed by atoms with Gasteiger partial charge in [0.05, 0.1) is 24.8 Å². The normalized spacial score (nSPS) is 18.5. The van der Waals surface area contributed by atoms with E-state index >= 15 is 0 Å². The number of carbonyl (C=O) groups is 3. The predicted molar refractivity (Wildman–Crippen MR) is 167 cm³/mol. The van der Waals surface area contributed by atoms with E-state index in [1.54, 1.807) is 54.5 Å². The zero-order valence-corrected chi connectivity index (χ0v) is 26.0. The number of urea groups is 1. The highest BCUT2D eigenvalue weighted by atomic mass is 35.5. The summed E-state index contributed by atoms with van der Waals surface area (Å²) < 4.78 is 11.7. The predicted octanol–water partition coefficient (Wildman–Crippen LogP) is 5.68. The molecular weight excluding hydrogens is 607 g/mol. The smallest absolute Gasteiger partial charge is 0.326 e. The average Bonchev–Trinajstić information content (AvgIpc) is 3.38. The molecule has 2 aliphatic rings. The van der Waals surface area contributed by atoms with Crippen LogP contribution in [0.15, 0.2) is 71.7 Å². The molecule has 1 unspecified atom stereocenters. The number of aliphatic carboxylic acids is 1. The van der Waals surface area contributed by atoms with Gasteiger partial charge in [-0.1, -0.05) is 47.5 Å². The summed E-state index contributed by atoms with van der Waals surface area (Å²) in [7, 11) is 1.56. The zero-order chi connectivity index (χ0) is 31.5. The Morgan fingerprint density at radius 2 is 1.61 bits per heavy atom. The van der Waals surface area contributed by atoms with Gasteiger partial charge in [0.2, 0.25) is 5.91 Å². The molecule has 1 fully saturated rings. The van der Waals surface area contributed by atoms with E-state index in [-0.39, 0.29) is 25.7 Å². The molecule has 0 spiro atoms. The third-order valence-corrected chi connectivity index (χ3v) is 7.91. The molecule has 1 saturated heterocycles. The zero-order valence-electron chi connectivity index (χ0n) is 24.4. The minimum atomic E-state index is -1.11. The second-order valence-corrected chi connectivity index (χ2v) is 11.6. The molecular formula is C32H32Cl2N4O6. The van der Waals surface area contributed by atoms with Crippen molar-refractivity contribution in [3.05, 3.63) is 93.5 Å². The Balaban J connectivity index is 1.65. The largest absolute Gasteiger partial charge is 0.497 e. The molecule has 3 amide bonds. The molecule has 0 radical (unpaired) electrons. The van der Waals surface area contributed by atoms with Crippen LogP contribution in [0.5, 0.6) is 11.5 Å². The number of amidine groups is 1. The first-order valence-corrected chi connectivity index (χ1v) is 14.8. The van der Waals surface area contributed by atoms with Crippen LogP contribution in [0, 0.1) is 0 Å². The lowest BCUT2D eigenvalue weighted by Crippen LogP contribution is -2.57. The molecule has 2 heterocycles. The van der Waals surface area contributed by atoms with Gasteiger partial charge < -0.3 is 24.4 Å². The Bertz CT molecular complexity index is 1580. The topological polar surface area (TPSA) is 112 Å². The molecule has 12 heteroatoms. The summed E-state index contributed by atoms with van der Waals surface area (Å²) in [5.74, 6) is -0.156. The number of hydrogen-bond donors (Lipinski definition) is 1. The summed E-state index contributed by atoms with van der Waals surface area (Å²) in [6.07, 6.45) is -0.189. The fraction of sp³-hybridized carbons (Fsp3) is 0.312. The Kier molecular flexibility index (Phi) is 9.31. The molecule has 3 aromatic rings. The molecule has 0 aromatic heterocycles. The lowest BCUT2D eigenvalue weighted by molar-refractivity contribution is -0.146. The Hall–Kier alpha value is -4.28. The number of carboxylic acids is 1. The van der Waals surface area contributed by atoms with Gasteiger partial charge in [0, 0.05) is 29.2 Å². The number of rotatable bonds is 8. The summed E-state index contributed by atoms with van der Waals surface area (Å²) in [6, 6.07) is 18.2. The van der Waals surface area contributed by atoms with Crippen molar-refractivity contribution >= 4 is 46.9 Å². The van der Waals surface area contributed by atoms with Gasteiger partial charge in [0.15, 0.2) is 0 Å². The highest BCUT2D eigenvalue weighted by molar-refractivity contribution is 6.30. The minimum Gasteiger partial charge on any atom is -0.497 e. The number of piperazine rings is 1. The van der Waals surface area contributed by atoms with E-state index < -0.39 is 36.5 Å². The third-order valence-electron chi connectivity index (χ3n) is 7.40. The van der Waals surface area contributed by atoms with Crippen LogP contribution in [0.1, 0.15) is 42.6 Å². The molecule has 1 N–H and O–H groups in total. The van der Waals surface area contributed by atoms with Crippen molar-refractivity contribution in [1.29, 1.82) is 0 Å². The van der Waals surface area contributed by atoms with Crippen molar-refractivity contribution in [3.8, 4) is 11.5 Å². The maximum Gasteiger partial charge on any atom is 0.326 e.